The molecule has 0 aliphatic carbocycles. The number of pyridine rings is 1. The van der Waals surface area contributed by atoms with Crippen LogP contribution in [-0.2, 0) is 0 Å². The number of hydrogen-bond donors (Lipinski definition) is 0. The molecular formula is C41H27N3. The van der Waals surface area contributed by atoms with Crippen LogP contribution in [0.15, 0.2) is 164 Å². The number of benzene rings is 6. The first-order chi connectivity index (χ1) is 21.8. The summed E-state index contributed by atoms with van der Waals surface area (Å²) >= 11 is 0. The van der Waals surface area contributed by atoms with E-state index in [2.05, 4.69) is 160 Å². The van der Waals surface area contributed by atoms with E-state index in [-0.39, 0.29) is 0 Å². The van der Waals surface area contributed by atoms with E-state index in [0.717, 1.165) is 22.5 Å². The number of hydrogen-bond acceptors (Lipinski definition) is 1. The summed E-state index contributed by atoms with van der Waals surface area (Å²) in [4.78, 5) is 4.36. The SMILES string of the molecule is c1ccc(-c2cccc(-n3c4ccccc4c4cc5c(cc43)c3ccccc3n5-c3cccc(-c4cccnc4)c3)c2)cc1. The van der Waals surface area contributed by atoms with Crippen LogP contribution in [0.3, 0.4) is 0 Å². The van der Waals surface area contributed by atoms with E-state index >= 15 is 0 Å². The zero-order valence-corrected chi connectivity index (χ0v) is 23.9. The topological polar surface area (TPSA) is 22.8 Å². The second kappa shape index (κ2) is 9.82. The minimum Gasteiger partial charge on any atom is -0.309 e. The molecule has 3 aromatic heterocycles. The molecule has 0 saturated heterocycles. The van der Waals surface area contributed by atoms with Crippen LogP contribution in [0.4, 0.5) is 0 Å². The molecule has 44 heavy (non-hydrogen) atoms. The maximum Gasteiger partial charge on any atom is 0.0548 e. The fraction of sp³-hybridized carbons (Fsp3) is 0. The standard InChI is InChI=1S/C41H27N3/c1-2-11-28(12-3-1)29-13-8-16-32(23-29)43-38-20-6-4-18-34(38)36-26-41-37(25-40(36)43)35-19-5-7-21-39(35)44(41)33-17-9-14-30(24-33)31-15-10-22-42-27-31/h1-27H. The van der Waals surface area contributed by atoms with E-state index in [4.69, 9.17) is 0 Å². The van der Waals surface area contributed by atoms with Crippen molar-refractivity contribution in [3.8, 4) is 33.6 Å². The Bertz CT molecular complexity index is 2310. The first-order valence-electron chi connectivity index (χ1n) is 15.0. The normalized spacial score (nSPS) is 11.6. The largest absolute Gasteiger partial charge is 0.309 e. The van der Waals surface area contributed by atoms with E-state index in [1.54, 1.807) is 0 Å². The zero-order chi connectivity index (χ0) is 29.0. The Morgan fingerprint density at radius 3 is 1.41 bits per heavy atom. The summed E-state index contributed by atoms with van der Waals surface area (Å²) in [6.07, 6.45) is 3.75. The highest BCUT2D eigenvalue weighted by Gasteiger charge is 2.18. The van der Waals surface area contributed by atoms with Crippen LogP contribution in [0.5, 0.6) is 0 Å². The monoisotopic (exact) mass is 561 g/mol. The molecule has 3 heteroatoms. The van der Waals surface area contributed by atoms with Gasteiger partial charge in [0.25, 0.3) is 0 Å². The van der Waals surface area contributed by atoms with Crippen LogP contribution in [0.25, 0.3) is 77.2 Å². The van der Waals surface area contributed by atoms with Crippen molar-refractivity contribution in [2.24, 2.45) is 0 Å². The van der Waals surface area contributed by atoms with Gasteiger partial charge < -0.3 is 9.13 Å². The van der Waals surface area contributed by atoms with Crippen molar-refractivity contribution in [1.82, 2.24) is 14.1 Å². The molecule has 0 radical (unpaired) electrons. The summed E-state index contributed by atoms with van der Waals surface area (Å²) in [6.45, 7) is 0. The van der Waals surface area contributed by atoms with Crippen molar-refractivity contribution in [3.05, 3.63) is 164 Å². The Kier molecular flexibility index (Phi) is 5.50. The summed E-state index contributed by atoms with van der Waals surface area (Å²) < 4.78 is 4.83. The number of fused-ring (bicyclic) bond motifs is 6. The molecule has 3 heterocycles. The van der Waals surface area contributed by atoms with Gasteiger partial charge in [0.2, 0.25) is 0 Å². The summed E-state index contributed by atoms with van der Waals surface area (Å²) in [5.41, 5.74) is 11.8. The van der Waals surface area contributed by atoms with Crippen LogP contribution >= 0.6 is 0 Å². The third kappa shape index (κ3) is 3.80. The molecule has 0 atom stereocenters. The Morgan fingerprint density at radius 2 is 0.841 bits per heavy atom. The molecule has 0 spiro atoms. The first-order valence-corrected chi connectivity index (χ1v) is 15.0. The van der Waals surface area contributed by atoms with Crippen LogP contribution < -0.4 is 0 Å². The molecule has 0 unspecified atom stereocenters. The van der Waals surface area contributed by atoms with Crippen molar-refractivity contribution < 1.29 is 0 Å². The van der Waals surface area contributed by atoms with Gasteiger partial charge in [-0.1, -0.05) is 97.1 Å². The van der Waals surface area contributed by atoms with Gasteiger partial charge in [-0.05, 0) is 71.3 Å². The van der Waals surface area contributed by atoms with Gasteiger partial charge in [0.05, 0.1) is 22.1 Å². The van der Waals surface area contributed by atoms with Crippen molar-refractivity contribution in [2.75, 3.05) is 0 Å². The van der Waals surface area contributed by atoms with Crippen LogP contribution in [0, 0.1) is 0 Å². The number of nitrogens with zero attached hydrogens (tertiary/aromatic N) is 3. The number of aromatic nitrogens is 3. The highest BCUT2D eigenvalue weighted by atomic mass is 15.0. The average molecular weight is 562 g/mol. The maximum atomic E-state index is 4.36. The van der Waals surface area contributed by atoms with Crippen molar-refractivity contribution in [1.29, 1.82) is 0 Å². The lowest BCUT2D eigenvalue weighted by Gasteiger charge is -2.11. The van der Waals surface area contributed by atoms with E-state index < -0.39 is 0 Å². The minimum atomic E-state index is 1.11. The molecule has 0 aliphatic rings. The van der Waals surface area contributed by atoms with Crippen LogP contribution in [0.2, 0.25) is 0 Å². The summed E-state index contributed by atoms with van der Waals surface area (Å²) in [5, 5.41) is 4.97. The molecule has 6 aromatic carbocycles. The van der Waals surface area contributed by atoms with Gasteiger partial charge in [0.1, 0.15) is 0 Å². The number of para-hydroxylation sites is 2. The molecule has 0 bridgehead atoms. The smallest absolute Gasteiger partial charge is 0.0548 e. The second-order valence-electron chi connectivity index (χ2n) is 11.3. The molecule has 0 fully saturated rings. The summed E-state index contributed by atoms with van der Waals surface area (Å²) in [6, 6.07) is 54.7. The maximum absolute atomic E-state index is 4.36. The quantitative estimate of drug-likeness (QED) is 0.210. The van der Waals surface area contributed by atoms with E-state index in [1.165, 1.54) is 54.7 Å². The second-order valence-corrected chi connectivity index (χ2v) is 11.3. The minimum absolute atomic E-state index is 1.11. The van der Waals surface area contributed by atoms with Gasteiger partial charge in [0, 0.05) is 50.9 Å². The lowest BCUT2D eigenvalue weighted by atomic mass is 10.1. The Labute approximate surface area is 254 Å². The Balaban J connectivity index is 1.34. The highest BCUT2D eigenvalue weighted by molar-refractivity contribution is 6.19. The van der Waals surface area contributed by atoms with Gasteiger partial charge in [-0.15, -0.1) is 0 Å². The summed E-state index contributed by atoms with van der Waals surface area (Å²) in [5.74, 6) is 0. The van der Waals surface area contributed by atoms with Gasteiger partial charge in [-0.25, -0.2) is 0 Å². The average Bonchev–Trinajstić information content (AvgIpc) is 3.60. The van der Waals surface area contributed by atoms with E-state index in [1.807, 2.05) is 18.5 Å². The van der Waals surface area contributed by atoms with Crippen LogP contribution in [0.1, 0.15) is 0 Å². The van der Waals surface area contributed by atoms with Gasteiger partial charge >= 0.3 is 0 Å². The Morgan fingerprint density at radius 1 is 0.341 bits per heavy atom. The third-order valence-electron chi connectivity index (χ3n) is 8.78. The van der Waals surface area contributed by atoms with E-state index in [0.29, 0.717) is 0 Å². The van der Waals surface area contributed by atoms with Gasteiger partial charge in [-0.2, -0.15) is 0 Å². The van der Waals surface area contributed by atoms with Gasteiger partial charge in [0.15, 0.2) is 0 Å². The fourth-order valence-corrected chi connectivity index (χ4v) is 6.80. The molecule has 3 nitrogen and oxygen atoms in total. The lowest BCUT2D eigenvalue weighted by molar-refractivity contribution is 1.17. The first kappa shape index (κ1) is 24.6. The summed E-state index contributed by atoms with van der Waals surface area (Å²) in [7, 11) is 0. The van der Waals surface area contributed by atoms with Gasteiger partial charge in [-0.3, -0.25) is 4.98 Å². The predicted molar refractivity (Wildman–Crippen MR) is 184 cm³/mol. The molecular weight excluding hydrogens is 534 g/mol. The van der Waals surface area contributed by atoms with Crippen molar-refractivity contribution in [2.45, 2.75) is 0 Å². The molecule has 0 N–H and O–H groups in total. The van der Waals surface area contributed by atoms with Crippen LogP contribution in [-0.4, -0.2) is 14.1 Å². The zero-order valence-electron chi connectivity index (χ0n) is 23.9. The van der Waals surface area contributed by atoms with E-state index in [9.17, 15) is 0 Å². The molecule has 9 rings (SSSR count). The highest BCUT2D eigenvalue weighted by Crippen LogP contribution is 2.40. The lowest BCUT2D eigenvalue weighted by Crippen LogP contribution is -1.95. The van der Waals surface area contributed by atoms with Crippen molar-refractivity contribution >= 4 is 43.6 Å². The van der Waals surface area contributed by atoms with Crippen molar-refractivity contribution in [3.63, 3.8) is 0 Å². The molecule has 0 amide bonds. The Hall–Kier alpha value is -5.93. The molecule has 0 aliphatic heterocycles. The fourth-order valence-electron chi connectivity index (χ4n) is 6.80. The molecule has 9 aromatic rings. The number of rotatable bonds is 4. The third-order valence-corrected chi connectivity index (χ3v) is 8.78. The predicted octanol–water partition coefficient (Wildman–Crippen LogP) is 10.6. The molecule has 206 valence electrons. The molecule has 0 saturated carbocycles.